The van der Waals surface area contributed by atoms with E-state index in [0.717, 1.165) is 22.3 Å². The van der Waals surface area contributed by atoms with Crippen molar-refractivity contribution >= 4 is 29.2 Å². The van der Waals surface area contributed by atoms with Crippen LogP contribution in [0, 0.1) is 0 Å². The molecule has 3 aromatic rings. The molecule has 2 saturated heterocycles. The number of benzene rings is 3. The van der Waals surface area contributed by atoms with Crippen LogP contribution >= 0.6 is 11.6 Å². The molecule has 3 aromatic carbocycles. The largest absolute Gasteiger partial charge is 0.481 e. The molecule has 4 N–H and O–H groups in total. The first-order valence-electron chi connectivity index (χ1n) is 15.5. The number of nitrogens with zero attached hydrogens (tertiary/aromatic N) is 1. The van der Waals surface area contributed by atoms with Crippen LogP contribution in [0.15, 0.2) is 72.8 Å². The normalized spacial score (nSPS) is 21.7. The van der Waals surface area contributed by atoms with Gasteiger partial charge >= 0.3 is 5.97 Å². The topological polar surface area (TPSA) is 129 Å². The van der Waals surface area contributed by atoms with Gasteiger partial charge in [-0.3, -0.25) is 9.59 Å². The van der Waals surface area contributed by atoms with Crippen LogP contribution in [0.3, 0.4) is 0 Å². The summed E-state index contributed by atoms with van der Waals surface area (Å²) in [7, 11) is 0. The van der Waals surface area contributed by atoms with Crippen molar-refractivity contribution < 1.29 is 34.4 Å². The Hall–Kier alpha value is -3.31. The van der Waals surface area contributed by atoms with Crippen molar-refractivity contribution in [2.45, 2.75) is 75.7 Å². The minimum atomic E-state index is -0.891. The molecule has 10 heteroatoms. The van der Waals surface area contributed by atoms with Gasteiger partial charge in [-0.15, -0.1) is 0 Å². The van der Waals surface area contributed by atoms with Crippen LogP contribution in [0.4, 0.5) is 5.69 Å². The number of aliphatic carboxylic acids is 1. The van der Waals surface area contributed by atoms with Crippen molar-refractivity contribution in [2.75, 3.05) is 25.0 Å². The lowest BCUT2D eigenvalue weighted by atomic mass is 9.84. The van der Waals surface area contributed by atoms with Crippen LogP contribution in [-0.2, 0) is 31.3 Å². The number of hydrogen-bond acceptors (Lipinski definition) is 7. The van der Waals surface area contributed by atoms with Crippen molar-refractivity contribution in [1.29, 1.82) is 0 Å². The second kappa shape index (κ2) is 15.3. The molecule has 5 rings (SSSR count). The third-order valence-corrected chi connectivity index (χ3v) is 8.88. The van der Waals surface area contributed by atoms with Gasteiger partial charge in [0.1, 0.15) is 0 Å². The van der Waals surface area contributed by atoms with Gasteiger partial charge in [-0.25, -0.2) is 0 Å². The van der Waals surface area contributed by atoms with Gasteiger partial charge in [-0.1, -0.05) is 60.1 Å². The number of rotatable bonds is 12. The Labute approximate surface area is 268 Å². The first-order valence-corrected chi connectivity index (χ1v) is 15.9. The van der Waals surface area contributed by atoms with Crippen LogP contribution < -0.4 is 5.32 Å². The molecule has 240 valence electrons. The van der Waals surface area contributed by atoms with E-state index >= 15 is 0 Å². The second-order valence-electron chi connectivity index (χ2n) is 12.0. The van der Waals surface area contributed by atoms with Gasteiger partial charge in [0.05, 0.1) is 24.4 Å². The summed E-state index contributed by atoms with van der Waals surface area (Å²) in [6.07, 6.45) is 2.01. The zero-order valence-corrected chi connectivity index (χ0v) is 26.0. The van der Waals surface area contributed by atoms with Gasteiger partial charge in [0.2, 0.25) is 5.91 Å². The average molecular weight is 637 g/mol. The number of ether oxygens (including phenoxy) is 2. The number of aliphatic hydroxyl groups is 2. The number of aliphatic hydroxyl groups excluding tert-OH is 1. The smallest absolute Gasteiger partial charge is 0.303 e. The minimum Gasteiger partial charge on any atom is -0.481 e. The van der Waals surface area contributed by atoms with Crippen LogP contribution in [0.1, 0.15) is 79.6 Å². The van der Waals surface area contributed by atoms with E-state index in [-0.39, 0.29) is 37.6 Å². The molecule has 0 radical (unpaired) electrons. The highest BCUT2D eigenvalue weighted by atomic mass is 35.5. The highest BCUT2D eigenvalue weighted by molar-refractivity contribution is 6.30. The van der Waals surface area contributed by atoms with Crippen molar-refractivity contribution in [1.82, 2.24) is 4.90 Å². The molecular formula is C35H41ClN2O7. The predicted molar refractivity (Wildman–Crippen MR) is 171 cm³/mol. The Morgan fingerprint density at radius 3 is 2.33 bits per heavy atom. The summed E-state index contributed by atoms with van der Waals surface area (Å²) in [4.78, 5) is 25.6. The zero-order valence-electron chi connectivity index (χ0n) is 25.2. The first-order chi connectivity index (χ1) is 21.7. The number of nitrogens with one attached hydrogen (secondary N) is 1. The zero-order chi connectivity index (χ0) is 31.8. The Kier molecular flexibility index (Phi) is 11.3. The number of carbonyl (C=O) groups is 2. The van der Waals surface area contributed by atoms with E-state index in [9.17, 15) is 19.8 Å². The number of carboxylic acid groups (broad SMARTS) is 1. The third kappa shape index (κ3) is 9.13. The van der Waals surface area contributed by atoms with Gasteiger partial charge in [0.15, 0.2) is 6.29 Å². The van der Waals surface area contributed by atoms with Gasteiger partial charge in [-0.05, 0) is 66.6 Å². The lowest BCUT2D eigenvalue weighted by Crippen LogP contribution is -2.46. The molecule has 0 bridgehead atoms. The Morgan fingerprint density at radius 1 is 0.933 bits per heavy atom. The van der Waals surface area contributed by atoms with Gasteiger partial charge in [0, 0.05) is 55.2 Å². The summed E-state index contributed by atoms with van der Waals surface area (Å²) in [5.41, 5.74) is 3.20. The van der Waals surface area contributed by atoms with E-state index < -0.39 is 17.9 Å². The van der Waals surface area contributed by atoms with Gasteiger partial charge < -0.3 is 35.0 Å². The Morgan fingerprint density at radius 2 is 1.64 bits per heavy atom. The predicted octanol–water partition coefficient (Wildman–Crippen LogP) is 5.94. The highest BCUT2D eigenvalue weighted by Crippen LogP contribution is 2.40. The van der Waals surface area contributed by atoms with E-state index in [1.165, 1.54) is 0 Å². The maximum absolute atomic E-state index is 12.5. The summed E-state index contributed by atoms with van der Waals surface area (Å²) >= 11 is 6.06. The number of unbranched alkanes of at least 4 members (excludes halogenated alkanes) is 1. The SMILES string of the molecule is O=C(O)CCCCC(=O)Nc1cccc([C@@H]2O[C@H](CN3CCC(O)(c4ccc(Cl)cc4)CC3)C[C@H](c3ccc(CO)cc3)O2)c1. The molecule has 2 aliphatic rings. The fraction of sp³-hybridized carbons (Fsp3) is 0.429. The molecule has 0 aromatic heterocycles. The lowest BCUT2D eigenvalue weighted by Gasteiger charge is -2.42. The van der Waals surface area contributed by atoms with Gasteiger partial charge in [-0.2, -0.15) is 0 Å². The molecule has 2 fully saturated rings. The maximum atomic E-state index is 12.5. The number of amides is 1. The maximum Gasteiger partial charge on any atom is 0.303 e. The summed E-state index contributed by atoms with van der Waals surface area (Å²) < 4.78 is 13.0. The summed E-state index contributed by atoms with van der Waals surface area (Å²) in [6.45, 7) is 2.08. The van der Waals surface area contributed by atoms with Crippen LogP contribution in [0.5, 0.6) is 0 Å². The molecule has 0 spiro atoms. The van der Waals surface area contributed by atoms with E-state index in [2.05, 4.69) is 10.2 Å². The van der Waals surface area contributed by atoms with Crippen LogP contribution in [0.2, 0.25) is 5.02 Å². The third-order valence-electron chi connectivity index (χ3n) is 8.63. The number of hydrogen-bond donors (Lipinski definition) is 4. The molecule has 9 nitrogen and oxygen atoms in total. The van der Waals surface area contributed by atoms with E-state index in [1.807, 2.05) is 66.7 Å². The summed E-state index contributed by atoms with van der Waals surface area (Å²) in [5, 5.41) is 33.2. The van der Waals surface area contributed by atoms with E-state index in [4.69, 9.17) is 26.2 Å². The Bertz CT molecular complexity index is 1420. The monoisotopic (exact) mass is 636 g/mol. The van der Waals surface area contributed by atoms with Crippen LogP contribution in [0.25, 0.3) is 0 Å². The molecular weight excluding hydrogens is 596 g/mol. The second-order valence-corrected chi connectivity index (χ2v) is 12.4. The van der Waals surface area contributed by atoms with Crippen LogP contribution in [-0.4, -0.2) is 57.8 Å². The standard InChI is InChI=1S/C35H41ClN2O7/c36-28-14-12-27(13-15-28)35(43)16-18-38(19-17-35)22-30-21-31(25-10-8-24(23-39)9-11-25)45-34(44-30)26-4-3-5-29(20-26)37-32(40)6-1-2-7-33(41)42/h3-5,8-15,20,30-31,34,39,43H,1-2,6-7,16-19,21-23H2,(H,37,40)(H,41,42)/t30-,31+,34+/m0/s1. The lowest BCUT2D eigenvalue weighted by molar-refractivity contribution is -0.253. The fourth-order valence-corrected chi connectivity index (χ4v) is 6.15. The first kappa shape index (κ1) is 33.1. The number of carbonyl (C=O) groups excluding carboxylic acids is 1. The molecule has 2 heterocycles. The number of carboxylic acids is 1. The highest BCUT2D eigenvalue weighted by Gasteiger charge is 2.37. The number of anilines is 1. The molecule has 2 aliphatic heterocycles. The van der Waals surface area contributed by atoms with Crippen molar-refractivity contribution in [2.24, 2.45) is 0 Å². The fourth-order valence-electron chi connectivity index (χ4n) is 6.02. The molecule has 0 aliphatic carbocycles. The summed E-state index contributed by atoms with van der Waals surface area (Å²) in [5.74, 6) is -1.04. The van der Waals surface area contributed by atoms with Gasteiger partial charge in [0.25, 0.3) is 0 Å². The number of piperidine rings is 1. The molecule has 3 atom stereocenters. The molecule has 45 heavy (non-hydrogen) atoms. The molecule has 0 unspecified atom stereocenters. The summed E-state index contributed by atoms with van der Waals surface area (Å²) in [6, 6.07) is 22.6. The number of likely N-dealkylation sites (tertiary alicyclic amines) is 1. The van der Waals surface area contributed by atoms with Crippen molar-refractivity contribution in [3.63, 3.8) is 0 Å². The Balaban J connectivity index is 1.26. The minimum absolute atomic E-state index is 0.0322. The van der Waals surface area contributed by atoms with E-state index in [1.54, 1.807) is 6.07 Å². The molecule has 1 amide bonds. The molecule has 0 saturated carbocycles. The number of halogens is 1. The van der Waals surface area contributed by atoms with Crippen molar-refractivity contribution in [3.05, 3.63) is 100 Å². The average Bonchev–Trinajstić information content (AvgIpc) is 3.04. The quantitative estimate of drug-likeness (QED) is 0.180. The van der Waals surface area contributed by atoms with Crippen molar-refractivity contribution in [3.8, 4) is 0 Å². The van der Waals surface area contributed by atoms with E-state index in [0.29, 0.717) is 62.4 Å².